The summed E-state index contributed by atoms with van der Waals surface area (Å²) in [6.07, 6.45) is 0.538. The Kier molecular flexibility index (Phi) is 7.40. The van der Waals surface area contributed by atoms with E-state index in [1.807, 2.05) is 6.92 Å². The molecule has 4 nitrogen and oxygen atoms in total. The second-order valence-electron chi connectivity index (χ2n) is 4.09. The molecule has 0 aromatic heterocycles. The molecule has 1 N–H and O–H groups in total. The van der Waals surface area contributed by atoms with Crippen LogP contribution in [-0.2, 0) is 14.4 Å². The first-order chi connectivity index (χ1) is 8.01. The number of carbonyl (C=O) groups excluding carboxylic acids is 3. The van der Waals surface area contributed by atoms with E-state index in [9.17, 15) is 14.4 Å². The lowest BCUT2D eigenvalue weighted by molar-refractivity contribution is -0.142. The van der Waals surface area contributed by atoms with Crippen molar-refractivity contribution >= 4 is 46.6 Å². The molecule has 1 saturated carbocycles. The van der Waals surface area contributed by atoms with Gasteiger partial charge >= 0.3 is 0 Å². The largest absolute Gasteiger partial charge is 0.298 e. The number of Topliss-reactive ketones (excluding diaryl/α,β-unsaturated/α-hetero) is 3. The van der Waals surface area contributed by atoms with Crippen molar-refractivity contribution in [3.8, 4) is 0 Å². The maximum absolute atomic E-state index is 11.8. The Bertz CT molecular complexity index is 352. The summed E-state index contributed by atoms with van der Waals surface area (Å²) in [5.41, 5.74) is 0. The van der Waals surface area contributed by atoms with Gasteiger partial charge in [-0.1, -0.05) is 13.8 Å². The van der Waals surface area contributed by atoms with Crippen molar-refractivity contribution < 1.29 is 14.4 Å². The quantitative estimate of drug-likeness (QED) is 0.490. The molecule has 0 spiro atoms. The number of hydrogen-bond acceptors (Lipinski definition) is 5. The van der Waals surface area contributed by atoms with Gasteiger partial charge in [0.1, 0.15) is 5.92 Å². The predicted octanol–water partition coefficient (Wildman–Crippen LogP) is 2.28. The van der Waals surface area contributed by atoms with Crippen LogP contribution in [0.1, 0.15) is 33.1 Å². The molecule has 1 aliphatic carbocycles. The molecular weight excluding hydrogens is 274 g/mol. The first kappa shape index (κ1) is 17.3. The van der Waals surface area contributed by atoms with Crippen LogP contribution in [-0.4, -0.2) is 28.1 Å². The molecule has 0 radical (unpaired) electrons. The Morgan fingerprint density at radius 1 is 1.28 bits per heavy atom. The molecule has 1 aliphatic rings. The molecule has 0 aliphatic heterocycles. The highest BCUT2D eigenvalue weighted by Gasteiger charge is 2.40. The van der Waals surface area contributed by atoms with E-state index < -0.39 is 5.92 Å². The van der Waals surface area contributed by atoms with E-state index in [1.165, 1.54) is 11.8 Å². The van der Waals surface area contributed by atoms with Gasteiger partial charge < -0.3 is 0 Å². The number of ketones is 3. The number of nitrogens with one attached hydrogen (secondary N) is 1. The molecule has 0 amide bonds. The van der Waals surface area contributed by atoms with Gasteiger partial charge in [0.2, 0.25) is 0 Å². The molecule has 0 aromatic carbocycles. The number of rotatable bonds is 4. The van der Waals surface area contributed by atoms with Crippen LogP contribution in [0.25, 0.3) is 0 Å². The lowest BCUT2D eigenvalue weighted by Gasteiger charge is -2.25. The summed E-state index contributed by atoms with van der Waals surface area (Å²) in [7, 11) is 0. The zero-order chi connectivity index (χ0) is 13.0. The molecule has 102 valence electrons. The van der Waals surface area contributed by atoms with Crippen molar-refractivity contribution in [1.29, 1.82) is 5.41 Å². The first-order valence-electron chi connectivity index (χ1n) is 5.80. The monoisotopic (exact) mass is 291 g/mol. The van der Waals surface area contributed by atoms with Crippen molar-refractivity contribution in [2.75, 3.05) is 5.75 Å². The normalized spacial score (nSPS) is 23.4. The van der Waals surface area contributed by atoms with Crippen LogP contribution in [0.5, 0.6) is 0 Å². The minimum Gasteiger partial charge on any atom is -0.298 e. The molecular formula is C12H18ClNO3S. The van der Waals surface area contributed by atoms with Gasteiger partial charge in [0.15, 0.2) is 17.3 Å². The second-order valence-corrected chi connectivity index (χ2v) is 5.39. The van der Waals surface area contributed by atoms with E-state index in [0.29, 0.717) is 5.04 Å². The summed E-state index contributed by atoms with van der Waals surface area (Å²) in [5, 5.41) is 8.14. The van der Waals surface area contributed by atoms with Crippen molar-refractivity contribution in [3.63, 3.8) is 0 Å². The number of carbonyl (C=O) groups is 3. The average Bonchev–Trinajstić information content (AvgIpc) is 2.28. The molecule has 18 heavy (non-hydrogen) atoms. The maximum Gasteiger partial charge on any atom is 0.151 e. The highest BCUT2D eigenvalue weighted by atomic mass is 35.5. The van der Waals surface area contributed by atoms with Crippen molar-refractivity contribution in [1.82, 2.24) is 0 Å². The van der Waals surface area contributed by atoms with Crippen LogP contribution in [0.15, 0.2) is 0 Å². The van der Waals surface area contributed by atoms with Crippen LogP contribution in [0, 0.1) is 17.2 Å². The molecule has 0 unspecified atom stereocenters. The fourth-order valence-electron chi connectivity index (χ4n) is 2.00. The first-order valence-corrected chi connectivity index (χ1v) is 6.79. The van der Waals surface area contributed by atoms with Gasteiger partial charge in [-0.3, -0.25) is 19.8 Å². The highest BCUT2D eigenvalue weighted by Crippen LogP contribution is 2.28. The lowest BCUT2D eigenvalue weighted by Crippen LogP contribution is -2.40. The van der Waals surface area contributed by atoms with E-state index in [2.05, 4.69) is 0 Å². The minimum atomic E-state index is -1.05. The SMILES string of the molecule is CCSC(=N)C1CC(=O)C(C(=O)CC)C(=O)C1.Cl. The van der Waals surface area contributed by atoms with Gasteiger partial charge in [0.25, 0.3) is 0 Å². The summed E-state index contributed by atoms with van der Waals surface area (Å²) in [6, 6.07) is 0. The van der Waals surface area contributed by atoms with Crippen LogP contribution in [0.3, 0.4) is 0 Å². The third-order valence-corrected chi connectivity index (χ3v) is 3.81. The molecule has 0 aromatic rings. The number of thioether (sulfide) groups is 1. The summed E-state index contributed by atoms with van der Waals surface area (Å²) in [6.45, 7) is 3.58. The van der Waals surface area contributed by atoms with Crippen molar-refractivity contribution in [2.45, 2.75) is 33.1 Å². The van der Waals surface area contributed by atoms with Gasteiger partial charge in [0, 0.05) is 25.2 Å². The standard InChI is InChI=1S/C12H17NO3S.ClH/c1-3-8(14)11-9(15)5-7(6-10(11)16)12(13)17-4-2;/h7,11,13H,3-6H2,1-2H3;1H. The van der Waals surface area contributed by atoms with Crippen LogP contribution < -0.4 is 0 Å². The zero-order valence-corrected chi connectivity index (χ0v) is 12.2. The Morgan fingerprint density at radius 2 is 1.78 bits per heavy atom. The van der Waals surface area contributed by atoms with Gasteiger partial charge in [-0.2, -0.15) is 0 Å². The lowest BCUT2D eigenvalue weighted by atomic mass is 9.78. The van der Waals surface area contributed by atoms with E-state index in [0.717, 1.165) is 5.75 Å². The summed E-state index contributed by atoms with van der Waals surface area (Å²) < 4.78 is 0. The maximum atomic E-state index is 11.8. The zero-order valence-electron chi connectivity index (χ0n) is 10.5. The second kappa shape index (κ2) is 7.69. The topological polar surface area (TPSA) is 75.1 Å². The van der Waals surface area contributed by atoms with Crippen molar-refractivity contribution in [2.24, 2.45) is 11.8 Å². The molecule has 0 bridgehead atoms. The molecule has 1 rings (SSSR count). The van der Waals surface area contributed by atoms with E-state index in [-0.39, 0.29) is 54.9 Å². The summed E-state index contributed by atoms with van der Waals surface area (Å²) in [5.74, 6) is -1.49. The van der Waals surface area contributed by atoms with Crippen LogP contribution >= 0.6 is 24.2 Å². The Balaban J connectivity index is 0.00000289. The van der Waals surface area contributed by atoms with E-state index in [1.54, 1.807) is 6.92 Å². The molecule has 6 heteroatoms. The molecule has 0 heterocycles. The van der Waals surface area contributed by atoms with E-state index >= 15 is 0 Å². The smallest absolute Gasteiger partial charge is 0.151 e. The molecule has 0 saturated heterocycles. The Labute approximate surface area is 117 Å². The Hall–Kier alpha value is -0.680. The third-order valence-electron chi connectivity index (χ3n) is 2.88. The van der Waals surface area contributed by atoms with Crippen molar-refractivity contribution in [3.05, 3.63) is 0 Å². The Morgan fingerprint density at radius 3 is 2.17 bits per heavy atom. The molecule has 1 fully saturated rings. The van der Waals surface area contributed by atoms with Crippen LogP contribution in [0.2, 0.25) is 0 Å². The fourth-order valence-corrected chi connectivity index (χ4v) is 2.71. The van der Waals surface area contributed by atoms with Crippen LogP contribution in [0.4, 0.5) is 0 Å². The minimum absolute atomic E-state index is 0. The predicted molar refractivity (Wildman–Crippen MR) is 74.6 cm³/mol. The third kappa shape index (κ3) is 3.92. The van der Waals surface area contributed by atoms with Gasteiger partial charge in [0.05, 0.1) is 5.04 Å². The number of halogens is 1. The van der Waals surface area contributed by atoms with Gasteiger partial charge in [-0.15, -0.1) is 24.2 Å². The van der Waals surface area contributed by atoms with E-state index in [4.69, 9.17) is 5.41 Å². The van der Waals surface area contributed by atoms with Gasteiger partial charge in [-0.25, -0.2) is 0 Å². The summed E-state index contributed by atoms with van der Waals surface area (Å²) in [4.78, 5) is 35.0. The van der Waals surface area contributed by atoms with Gasteiger partial charge in [-0.05, 0) is 5.75 Å². The number of hydrogen-bond donors (Lipinski definition) is 1. The average molecular weight is 292 g/mol. The fraction of sp³-hybridized carbons (Fsp3) is 0.667. The molecule has 0 atom stereocenters. The highest BCUT2D eigenvalue weighted by molar-refractivity contribution is 8.13. The summed E-state index contributed by atoms with van der Waals surface area (Å²) >= 11 is 1.35.